The van der Waals surface area contributed by atoms with Gasteiger partial charge in [-0.2, -0.15) is 32.8 Å². The molecule has 0 saturated heterocycles. The van der Waals surface area contributed by atoms with E-state index in [9.17, 15) is 34.8 Å². The van der Waals surface area contributed by atoms with Gasteiger partial charge in [0, 0.05) is 6.26 Å². The molecule has 0 fully saturated rings. The van der Waals surface area contributed by atoms with Crippen molar-refractivity contribution < 1.29 is 39.5 Å². The zero-order valence-electron chi connectivity index (χ0n) is 17.3. The molecule has 0 amide bonds. The molecule has 0 bridgehead atoms. The monoisotopic (exact) mass is 521 g/mol. The van der Waals surface area contributed by atoms with Crippen LogP contribution in [0.1, 0.15) is 11.4 Å². The number of benzene rings is 1. The average molecular weight is 521 g/mol. The minimum atomic E-state index is -4.83. The molecule has 0 atom stereocenters. The molecule has 0 aliphatic carbocycles. The van der Waals surface area contributed by atoms with Crippen LogP contribution < -0.4 is 10.1 Å². The number of rotatable bonds is 6. The molecule has 35 heavy (non-hydrogen) atoms. The van der Waals surface area contributed by atoms with Crippen molar-refractivity contribution >= 4 is 21.4 Å². The van der Waals surface area contributed by atoms with Crippen LogP contribution in [0.25, 0.3) is 16.9 Å². The van der Waals surface area contributed by atoms with Gasteiger partial charge in [0.25, 0.3) is 5.16 Å². The topological polar surface area (TPSA) is 127 Å². The SMILES string of the molecule is CS(=O)(=O)c1nc(NCc2ncc(-c3ccc(OC(F)(F)F)cc3)[nH]2)n2ncc(C(F)(F)F)c2n1. The van der Waals surface area contributed by atoms with Crippen molar-refractivity contribution in [1.82, 2.24) is 29.5 Å². The second-order valence-corrected chi connectivity index (χ2v) is 8.97. The summed E-state index contributed by atoms with van der Waals surface area (Å²) in [5.41, 5.74) is -1.10. The molecule has 2 N–H and O–H groups in total. The maximum absolute atomic E-state index is 13.3. The van der Waals surface area contributed by atoms with Gasteiger partial charge in [0.2, 0.25) is 15.8 Å². The standard InChI is InChI=1S/C18H13F6N7O3S/c1-35(32,33)16-29-14-11(17(19,20)21)6-27-31(14)15(30-16)26-8-13-25-7-12(28-13)9-2-4-10(5-3-9)34-18(22,23)24/h2-7H,8H2,1H3,(H,25,28)(H,26,29,30). The molecule has 3 aromatic heterocycles. The molecule has 0 spiro atoms. The third-order valence-corrected chi connectivity index (χ3v) is 5.27. The predicted molar refractivity (Wildman–Crippen MR) is 107 cm³/mol. The number of H-pyrrole nitrogens is 1. The molecular formula is C18H13F6N7O3S. The summed E-state index contributed by atoms with van der Waals surface area (Å²) < 4.78 is 105. The third kappa shape index (κ3) is 5.44. The molecule has 0 saturated carbocycles. The first-order valence-corrected chi connectivity index (χ1v) is 11.3. The first kappa shape index (κ1) is 24.2. The molecule has 0 aliphatic heterocycles. The molecule has 4 aromatic rings. The Hall–Kier alpha value is -3.89. The summed E-state index contributed by atoms with van der Waals surface area (Å²) in [5, 5.41) is 5.42. The number of hydrogen-bond acceptors (Lipinski definition) is 8. The fraction of sp³-hybridized carbons (Fsp3) is 0.222. The van der Waals surface area contributed by atoms with Crippen molar-refractivity contribution in [3.8, 4) is 17.0 Å². The third-order valence-electron chi connectivity index (χ3n) is 4.43. The number of anilines is 1. The van der Waals surface area contributed by atoms with Crippen LogP contribution in [0.15, 0.2) is 41.8 Å². The number of fused-ring (bicyclic) bond motifs is 1. The number of ether oxygens (including phenoxy) is 1. The second kappa shape index (κ2) is 8.40. The number of imidazole rings is 1. The summed E-state index contributed by atoms with van der Waals surface area (Å²) in [4.78, 5) is 14.2. The normalized spacial score (nSPS) is 12.8. The quantitative estimate of drug-likeness (QED) is 0.370. The molecule has 3 heterocycles. The van der Waals surface area contributed by atoms with E-state index in [-0.39, 0.29) is 18.3 Å². The van der Waals surface area contributed by atoms with Gasteiger partial charge in [-0.1, -0.05) is 0 Å². The van der Waals surface area contributed by atoms with E-state index >= 15 is 0 Å². The number of alkyl halides is 6. The zero-order valence-corrected chi connectivity index (χ0v) is 18.1. The summed E-state index contributed by atoms with van der Waals surface area (Å²) in [7, 11) is -4.06. The number of nitrogens with zero attached hydrogens (tertiary/aromatic N) is 5. The van der Waals surface area contributed by atoms with Gasteiger partial charge >= 0.3 is 12.5 Å². The van der Waals surface area contributed by atoms with Gasteiger partial charge in [-0.05, 0) is 29.8 Å². The van der Waals surface area contributed by atoms with Crippen LogP contribution in [0.4, 0.5) is 32.3 Å². The lowest BCUT2D eigenvalue weighted by Gasteiger charge is -2.09. The molecule has 0 radical (unpaired) electrons. The first-order chi connectivity index (χ1) is 16.2. The van der Waals surface area contributed by atoms with Crippen LogP contribution in [0.3, 0.4) is 0 Å². The second-order valence-electron chi connectivity index (χ2n) is 7.06. The van der Waals surface area contributed by atoms with E-state index in [1.165, 1.54) is 18.3 Å². The lowest BCUT2D eigenvalue weighted by molar-refractivity contribution is -0.274. The van der Waals surface area contributed by atoms with Crippen molar-refractivity contribution in [3.05, 3.63) is 48.0 Å². The molecule has 1 aromatic carbocycles. The predicted octanol–water partition coefficient (Wildman–Crippen LogP) is 3.45. The van der Waals surface area contributed by atoms with Gasteiger partial charge < -0.3 is 15.0 Å². The molecule has 4 rings (SSSR count). The summed E-state index contributed by atoms with van der Waals surface area (Å²) in [6.45, 7) is -0.147. The lowest BCUT2D eigenvalue weighted by Crippen LogP contribution is -2.16. The number of sulfone groups is 1. The molecular weight excluding hydrogens is 508 g/mol. The Labute approximate surface area is 191 Å². The Balaban J connectivity index is 1.58. The minimum absolute atomic E-state index is 0.147. The van der Waals surface area contributed by atoms with E-state index in [4.69, 9.17) is 0 Å². The fourth-order valence-electron chi connectivity index (χ4n) is 2.94. The number of aromatic nitrogens is 6. The van der Waals surface area contributed by atoms with Gasteiger partial charge in [-0.25, -0.2) is 13.4 Å². The van der Waals surface area contributed by atoms with Crippen LogP contribution >= 0.6 is 0 Å². The van der Waals surface area contributed by atoms with Crippen molar-refractivity contribution in [1.29, 1.82) is 0 Å². The van der Waals surface area contributed by atoms with Crippen LogP contribution in [0.2, 0.25) is 0 Å². The van der Waals surface area contributed by atoms with Gasteiger partial charge in [-0.15, -0.1) is 13.2 Å². The van der Waals surface area contributed by atoms with Gasteiger partial charge in [-0.3, -0.25) is 0 Å². The Morgan fingerprint density at radius 1 is 1.06 bits per heavy atom. The average Bonchev–Trinajstić information content (AvgIpc) is 3.37. The van der Waals surface area contributed by atoms with E-state index in [1.54, 1.807) is 0 Å². The van der Waals surface area contributed by atoms with Gasteiger partial charge in [0.05, 0.1) is 24.6 Å². The summed E-state index contributed by atoms with van der Waals surface area (Å²) in [5.74, 6) is -0.487. The lowest BCUT2D eigenvalue weighted by atomic mass is 10.2. The number of nitrogens with one attached hydrogen (secondary N) is 2. The highest BCUT2D eigenvalue weighted by Gasteiger charge is 2.36. The molecule has 186 valence electrons. The largest absolute Gasteiger partial charge is 0.573 e. The number of halogens is 6. The van der Waals surface area contributed by atoms with E-state index in [0.717, 1.165) is 18.4 Å². The van der Waals surface area contributed by atoms with E-state index in [2.05, 4.69) is 35.1 Å². The maximum Gasteiger partial charge on any atom is 0.573 e. The van der Waals surface area contributed by atoms with Crippen molar-refractivity contribution in [2.45, 2.75) is 24.2 Å². The summed E-state index contributed by atoms with van der Waals surface area (Å²) in [6.07, 6.45) is -7.04. The van der Waals surface area contributed by atoms with E-state index in [1.807, 2.05) is 0 Å². The molecule has 0 aliphatic rings. The summed E-state index contributed by atoms with van der Waals surface area (Å²) in [6, 6.07) is 4.95. The first-order valence-electron chi connectivity index (χ1n) is 9.38. The molecule has 0 unspecified atom stereocenters. The van der Waals surface area contributed by atoms with E-state index < -0.39 is 44.5 Å². The van der Waals surface area contributed by atoms with E-state index in [0.29, 0.717) is 22.0 Å². The van der Waals surface area contributed by atoms with Crippen molar-refractivity contribution in [3.63, 3.8) is 0 Å². The number of hydrogen-bond donors (Lipinski definition) is 2. The summed E-state index contributed by atoms with van der Waals surface area (Å²) >= 11 is 0. The van der Waals surface area contributed by atoms with Gasteiger partial charge in [0.1, 0.15) is 17.1 Å². The van der Waals surface area contributed by atoms with Crippen LogP contribution in [0, 0.1) is 0 Å². The Kier molecular flexibility index (Phi) is 5.82. The van der Waals surface area contributed by atoms with Crippen LogP contribution in [0.5, 0.6) is 5.75 Å². The Morgan fingerprint density at radius 3 is 2.34 bits per heavy atom. The van der Waals surface area contributed by atoms with Crippen LogP contribution in [-0.2, 0) is 22.6 Å². The van der Waals surface area contributed by atoms with Crippen molar-refractivity contribution in [2.24, 2.45) is 0 Å². The Morgan fingerprint density at radius 2 is 1.74 bits per heavy atom. The smallest absolute Gasteiger partial charge is 0.406 e. The highest BCUT2D eigenvalue weighted by molar-refractivity contribution is 7.90. The highest BCUT2D eigenvalue weighted by atomic mass is 32.2. The fourth-order valence-corrected chi connectivity index (χ4v) is 3.44. The zero-order chi connectivity index (χ0) is 25.6. The molecule has 17 heteroatoms. The van der Waals surface area contributed by atoms with Crippen molar-refractivity contribution in [2.75, 3.05) is 11.6 Å². The minimum Gasteiger partial charge on any atom is -0.406 e. The maximum atomic E-state index is 13.3. The number of aromatic amines is 1. The molecule has 10 nitrogen and oxygen atoms in total. The van der Waals surface area contributed by atoms with Gasteiger partial charge in [0.15, 0.2) is 5.65 Å². The highest BCUT2D eigenvalue weighted by Crippen LogP contribution is 2.32. The van der Waals surface area contributed by atoms with Crippen LogP contribution in [-0.4, -0.2) is 50.6 Å². The Bertz CT molecular complexity index is 1480.